The summed E-state index contributed by atoms with van der Waals surface area (Å²) in [6, 6.07) is 4.28. The van der Waals surface area contributed by atoms with E-state index in [0.717, 1.165) is 5.56 Å². The van der Waals surface area contributed by atoms with Crippen molar-refractivity contribution in [2.75, 3.05) is 11.9 Å². The highest BCUT2D eigenvalue weighted by Gasteiger charge is 2.32. The number of carbonyl (C=O) groups excluding carboxylic acids is 2. The van der Waals surface area contributed by atoms with E-state index in [1.54, 1.807) is 39.8 Å². The largest absolute Gasteiger partial charge is 0.459 e. The van der Waals surface area contributed by atoms with E-state index >= 15 is 0 Å². The number of nitrogens with zero attached hydrogens (tertiary/aromatic N) is 1. The van der Waals surface area contributed by atoms with Crippen molar-refractivity contribution < 1.29 is 22.7 Å². The topological polar surface area (TPSA) is 92.8 Å². The maximum absolute atomic E-state index is 13.2. The van der Waals surface area contributed by atoms with Crippen molar-refractivity contribution in [3.8, 4) is 0 Å². The van der Waals surface area contributed by atoms with Gasteiger partial charge in [-0.3, -0.25) is 9.59 Å². The molecule has 0 fully saturated rings. The van der Waals surface area contributed by atoms with Gasteiger partial charge in [-0.15, -0.1) is 0 Å². The minimum absolute atomic E-state index is 0.0794. The van der Waals surface area contributed by atoms with E-state index in [1.165, 1.54) is 10.4 Å². The maximum Gasteiger partial charge on any atom is 0.321 e. The number of sulfonamides is 1. The average molecular weight is 397 g/mol. The van der Waals surface area contributed by atoms with Crippen molar-refractivity contribution in [2.45, 2.75) is 70.4 Å². The van der Waals surface area contributed by atoms with E-state index < -0.39 is 21.6 Å². The van der Waals surface area contributed by atoms with Crippen molar-refractivity contribution in [1.82, 2.24) is 4.31 Å². The molecule has 1 amide bonds. The Kier molecular flexibility index (Phi) is 6.32. The van der Waals surface area contributed by atoms with Gasteiger partial charge < -0.3 is 10.1 Å². The Bertz CT molecular complexity index is 827. The molecule has 2 rings (SSSR count). The van der Waals surface area contributed by atoms with Crippen LogP contribution < -0.4 is 5.32 Å². The highest BCUT2D eigenvalue weighted by Crippen LogP contribution is 2.28. The molecule has 0 spiro atoms. The van der Waals surface area contributed by atoms with Crippen LogP contribution in [0.2, 0.25) is 0 Å². The van der Waals surface area contributed by atoms with Gasteiger partial charge in [-0.2, -0.15) is 4.31 Å². The van der Waals surface area contributed by atoms with E-state index in [0.29, 0.717) is 24.9 Å². The molecule has 27 heavy (non-hydrogen) atoms. The quantitative estimate of drug-likeness (QED) is 0.746. The Morgan fingerprint density at radius 2 is 1.96 bits per heavy atom. The standard InChI is InChI=1S/C19H28N2O5S/c1-6-13(2)21(12-18(23)26-19(3,4)5)27(24,25)15-8-9-16-14(11-15)7-10-17(22)20-16/h8-9,11,13H,6-7,10,12H2,1-5H3,(H,20,22)/t13-/m1/s1. The third-order valence-corrected chi connectivity index (χ3v) is 6.32. The zero-order valence-corrected chi connectivity index (χ0v) is 17.4. The molecule has 150 valence electrons. The Balaban J connectivity index is 2.34. The predicted molar refractivity (Wildman–Crippen MR) is 103 cm³/mol. The number of ether oxygens (including phenoxy) is 1. The zero-order chi connectivity index (χ0) is 20.4. The molecule has 8 heteroatoms. The lowest BCUT2D eigenvalue weighted by Gasteiger charge is -2.29. The van der Waals surface area contributed by atoms with Crippen LogP contribution in [0.5, 0.6) is 0 Å². The second-order valence-electron chi connectivity index (χ2n) is 7.76. The highest BCUT2D eigenvalue weighted by atomic mass is 32.2. The predicted octanol–water partition coefficient (Wildman–Crippen LogP) is 2.70. The monoisotopic (exact) mass is 396 g/mol. The molecule has 0 radical (unpaired) electrons. The lowest BCUT2D eigenvalue weighted by atomic mass is 10.0. The third kappa shape index (κ3) is 5.29. The summed E-state index contributed by atoms with van der Waals surface area (Å²) in [4.78, 5) is 23.9. The van der Waals surface area contributed by atoms with Crippen LogP contribution in [0, 0.1) is 0 Å². The summed E-state index contributed by atoms with van der Waals surface area (Å²) in [6.07, 6.45) is 1.37. The second kappa shape index (κ2) is 7.98. The molecule has 0 unspecified atom stereocenters. The summed E-state index contributed by atoms with van der Waals surface area (Å²) < 4.78 is 32.9. The third-order valence-electron chi connectivity index (χ3n) is 4.37. The van der Waals surface area contributed by atoms with Gasteiger partial charge in [0.2, 0.25) is 15.9 Å². The molecule has 1 aliphatic rings. The van der Waals surface area contributed by atoms with Gasteiger partial charge in [-0.05, 0) is 64.3 Å². The number of benzene rings is 1. The van der Waals surface area contributed by atoms with Gasteiger partial charge in [0.1, 0.15) is 12.1 Å². The molecule has 0 bridgehead atoms. The first-order valence-electron chi connectivity index (χ1n) is 9.10. The number of fused-ring (bicyclic) bond motifs is 1. The number of hydrogen-bond donors (Lipinski definition) is 1. The summed E-state index contributed by atoms with van der Waals surface area (Å²) in [7, 11) is -3.89. The first-order valence-corrected chi connectivity index (χ1v) is 10.5. The Labute approximate surface area is 161 Å². The fourth-order valence-corrected chi connectivity index (χ4v) is 4.54. The van der Waals surface area contributed by atoms with E-state index in [-0.39, 0.29) is 23.4 Å². The van der Waals surface area contributed by atoms with Gasteiger partial charge in [-0.25, -0.2) is 8.42 Å². The number of anilines is 1. The van der Waals surface area contributed by atoms with Crippen LogP contribution in [0.1, 0.15) is 53.0 Å². The van der Waals surface area contributed by atoms with E-state index in [9.17, 15) is 18.0 Å². The molecule has 1 N–H and O–H groups in total. The molecule has 0 aromatic heterocycles. The van der Waals surface area contributed by atoms with Crippen molar-refractivity contribution in [3.63, 3.8) is 0 Å². The van der Waals surface area contributed by atoms with Crippen LogP contribution in [-0.4, -0.2) is 42.8 Å². The Hall–Kier alpha value is -1.93. The average Bonchev–Trinajstić information content (AvgIpc) is 2.56. The van der Waals surface area contributed by atoms with Crippen LogP contribution >= 0.6 is 0 Å². The number of nitrogens with one attached hydrogen (secondary N) is 1. The van der Waals surface area contributed by atoms with Gasteiger partial charge in [0.15, 0.2) is 0 Å². The van der Waals surface area contributed by atoms with Crippen molar-refractivity contribution in [3.05, 3.63) is 23.8 Å². The summed E-state index contributed by atoms with van der Waals surface area (Å²) in [5, 5.41) is 2.74. The molecule has 1 aliphatic heterocycles. The SMILES string of the molecule is CC[C@@H](C)N(CC(=O)OC(C)(C)C)S(=O)(=O)c1ccc2c(c1)CCC(=O)N2. The number of rotatable bonds is 6. The van der Waals surface area contributed by atoms with Gasteiger partial charge >= 0.3 is 5.97 Å². The fraction of sp³-hybridized carbons (Fsp3) is 0.579. The zero-order valence-electron chi connectivity index (χ0n) is 16.5. The van der Waals surface area contributed by atoms with Crippen LogP contribution in [0.25, 0.3) is 0 Å². The van der Waals surface area contributed by atoms with Crippen LogP contribution in [0.15, 0.2) is 23.1 Å². The number of esters is 1. The molecular formula is C19H28N2O5S. The normalized spacial score (nSPS) is 15.9. The van der Waals surface area contributed by atoms with Gasteiger partial charge in [0.05, 0.1) is 4.90 Å². The molecule has 0 saturated heterocycles. The lowest BCUT2D eigenvalue weighted by molar-refractivity contribution is -0.155. The molecule has 1 atom stereocenters. The van der Waals surface area contributed by atoms with Crippen molar-refractivity contribution >= 4 is 27.6 Å². The van der Waals surface area contributed by atoms with Crippen molar-refractivity contribution in [2.24, 2.45) is 0 Å². The molecule has 0 saturated carbocycles. The summed E-state index contributed by atoms with van der Waals surface area (Å²) in [5.41, 5.74) is 0.718. The molecule has 7 nitrogen and oxygen atoms in total. The van der Waals surface area contributed by atoms with E-state index in [4.69, 9.17) is 4.74 Å². The van der Waals surface area contributed by atoms with Crippen LogP contribution in [0.4, 0.5) is 5.69 Å². The van der Waals surface area contributed by atoms with E-state index in [1.807, 2.05) is 6.92 Å². The number of hydrogen-bond acceptors (Lipinski definition) is 5. The number of carbonyl (C=O) groups is 2. The first-order chi connectivity index (χ1) is 12.4. The number of amides is 1. The minimum Gasteiger partial charge on any atom is -0.459 e. The van der Waals surface area contributed by atoms with Gasteiger partial charge in [0.25, 0.3) is 0 Å². The second-order valence-corrected chi connectivity index (χ2v) is 9.65. The lowest BCUT2D eigenvalue weighted by Crippen LogP contribution is -2.43. The number of aryl methyl sites for hydroxylation is 1. The fourth-order valence-electron chi connectivity index (χ4n) is 2.84. The molecule has 1 aromatic rings. The summed E-state index contributed by atoms with van der Waals surface area (Å²) in [6.45, 7) is 8.51. The Morgan fingerprint density at radius 1 is 1.30 bits per heavy atom. The first kappa shape index (κ1) is 21.4. The molecule has 0 aliphatic carbocycles. The smallest absolute Gasteiger partial charge is 0.321 e. The summed E-state index contributed by atoms with van der Waals surface area (Å²) >= 11 is 0. The van der Waals surface area contributed by atoms with E-state index in [2.05, 4.69) is 5.32 Å². The van der Waals surface area contributed by atoms with Gasteiger partial charge in [0, 0.05) is 18.2 Å². The Morgan fingerprint density at radius 3 is 2.56 bits per heavy atom. The minimum atomic E-state index is -3.89. The van der Waals surface area contributed by atoms with Crippen molar-refractivity contribution in [1.29, 1.82) is 0 Å². The van der Waals surface area contributed by atoms with Gasteiger partial charge in [-0.1, -0.05) is 6.92 Å². The highest BCUT2D eigenvalue weighted by molar-refractivity contribution is 7.89. The maximum atomic E-state index is 13.2. The van der Waals surface area contributed by atoms with Crippen LogP contribution in [-0.2, 0) is 30.8 Å². The molecule has 1 aromatic carbocycles. The van der Waals surface area contributed by atoms with Crippen LogP contribution in [0.3, 0.4) is 0 Å². The summed E-state index contributed by atoms with van der Waals surface area (Å²) in [5.74, 6) is -0.666. The molecule has 1 heterocycles. The molecular weight excluding hydrogens is 368 g/mol.